The zero-order valence-electron chi connectivity index (χ0n) is 36.9. The van der Waals surface area contributed by atoms with Crippen LogP contribution in [0.3, 0.4) is 0 Å². The lowest BCUT2D eigenvalue weighted by molar-refractivity contribution is 0.483. The number of hydrogen-bond acceptors (Lipinski definition) is 4. The third-order valence-corrected chi connectivity index (χ3v) is 12.2. The van der Waals surface area contributed by atoms with Gasteiger partial charge in [0.1, 0.15) is 17.3 Å². The van der Waals surface area contributed by atoms with Crippen LogP contribution in [0.1, 0.15) is 52.7 Å². The summed E-state index contributed by atoms with van der Waals surface area (Å²) < 4.78 is 9.17. The van der Waals surface area contributed by atoms with Crippen LogP contribution < -0.4 is 14.5 Å². The molecular weight excluding hydrogens is 769 g/mol. The fraction of sp³-hybridized carbons (Fsp3) is 0.155. The van der Waals surface area contributed by atoms with Crippen LogP contribution in [0.5, 0.6) is 11.5 Å². The Labute approximate surface area is 371 Å². The maximum absolute atomic E-state index is 6.90. The van der Waals surface area contributed by atoms with E-state index in [0.717, 1.165) is 56.2 Å². The summed E-state index contributed by atoms with van der Waals surface area (Å²) in [7, 11) is 0. The van der Waals surface area contributed by atoms with Gasteiger partial charge in [0.05, 0.1) is 17.7 Å². The van der Waals surface area contributed by atoms with Crippen molar-refractivity contribution in [3.8, 4) is 50.7 Å². The second kappa shape index (κ2) is 15.8. The van der Waals surface area contributed by atoms with Crippen LogP contribution in [0.4, 0.5) is 11.4 Å². The van der Waals surface area contributed by atoms with E-state index in [1.165, 1.54) is 38.8 Å². The fourth-order valence-corrected chi connectivity index (χ4v) is 9.06. The third-order valence-electron chi connectivity index (χ3n) is 12.2. The highest BCUT2D eigenvalue weighted by molar-refractivity contribution is 6.09. The molecule has 0 amide bonds. The van der Waals surface area contributed by atoms with Gasteiger partial charge in [-0.1, -0.05) is 151 Å². The van der Waals surface area contributed by atoms with Crippen LogP contribution in [0, 0.1) is 0 Å². The van der Waals surface area contributed by atoms with Crippen molar-refractivity contribution >= 4 is 33.2 Å². The van der Waals surface area contributed by atoms with Gasteiger partial charge < -0.3 is 14.5 Å². The summed E-state index contributed by atoms with van der Waals surface area (Å²) in [5, 5.41) is 2.34. The number of hydrogen-bond donors (Lipinski definition) is 0. The summed E-state index contributed by atoms with van der Waals surface area (Å²) in [4.78, 5) is 9.55. The molecule has 1 aliphatic rings. The van der Waals surface area contributed by atoms with Crippen molar-refractivity contribution in [1.82, 2.24) is 9.55 Å². The molecule has 0 fully saturated rings. The highest BCUT2D eigenvalue weighted by atomic mass is 16.5. The number of rotatable bonds is 8. The molecule has 0 unspecified atom stereocenters. The van der Waals surface area contributed by atoms with E-state index in [-0.39, 0.29) is 10.8 Å². The van der Waals surface area contributed by atoms with Gasteiger partial charge in [0.2, 0.25) is 0 Å². The molecule has 0 saturated heterocycles. The number of nitrogens with zero attached hydrogens (tertiary/aromatic N) is 4. The first kappa shape index (κ1) is 39.7. The smallest absolute Gasteiger partial charge is 0.137 e. The second-order valence-corrected chi connectivity index (χ2v) is 18.6. The van der Waals surface area contributed by atoms with E-state index in [0.29, 0.717) is 6.67 Å². The topological polar surface area (TPSA) is 33.5 Å². The monoisotopic (exact) mass is 820 g/mol. The minimum atomic E-state index is -0.0919. The molecule has 1 aliphatic heterocycles. The van der Waals surface area contributed by atoms with Crippen LogP contribution in [-0.2, 0) is 10.8 Å². The average Bonchev–Trinajstić information content (AvgIpc) is 3.93. The predicted molar refractivity (Wildman–Crippen MR) is 264 cm³/mol. The number of fused-ring (bicyclic) bond motifs is 3. The van der Waals surface area contributed by atoms with Crippen LogP contribution in [0.15, 0.2) is 195 Å². The number of aromatic nitrogens is 2. The van der Waals surface area contributed by atoms with Crippen molar-refractivity contribution in [2.24, 2.45) is 0 Å². The molecule has 310 valence electrons. The molecule has 0 aliphatic carbocycles. The van der Waals surface area contributed by atoms with Gasteiger partial charge in [-0.05, 0) is 110 Å². The Morgan fingerprint density at radius 3 is 1.65 bits per heavy atom. The normalized spacial score (nSPS) is 13.0. The van der Waals surface area contributed by atoms with Gasteiger partial charge in [-0.3, -0.25) is 4.57 Å². The lowest BCUT2D eigenvalue weighted by Gasteiger charge is -2.30. The van der Waals surface area contributed by atoms with Gasteiger partial charge in [0, 0.05) is 52.9 Å². The van der Waals surface area contributed by atoms with Crippen LogP contribution in [0.25, 0.3) is 61.0 Å². The summed E-state index contributed by atoms with van der Waals surface area (Å²) in [6, 6.07) is 62.8. The molecule has 0 spiro atoms. The quantitative estimate of drug-likeness (QED) is 0.153. The molecule has 0 atom stereocenters. The number of anilines is 2. The van der Waals surface area contributed by atoms with Crippen molar-refractivity contribution in [3.05, 3.63) is 206 Å². The molecule has 10 rings (SSSR count). The lowest BCUT2D eigenvalue weighted by Crippen LogP contribution is -2.25. The highest BCUT2D eigenvalue weighted by Crippen LogP contribution is 2.44. The van der Waals surface area contributed by atoms with E-state index in [4.69, 9.17) is 9.72 Å². The van der Waals surface area contributed by atoms with Gasteiger partial charge in [-0.25, -0.2) is 4.98 Å². The van der Waals surface area contributed by atoms with E-state index in [1.807, 2.05) is 6.20 Å². The number of ether oxygens (including phenoxy) is 1. The maximum Gasteiger partial charge on any atom is 0.137 e. The third kappa shape index (κ3) is 7.76. The summed E-state index contributed by atoms with van der Waals surface area (Å²) >= 11 is 0. The highest BCUT2D eigenvalue weighted by Gasteiger charge is 2.27. The zero-order valence-corrected chi connectivity index (χ0v) is 36.9. The molecule has 2 aromatic heterocycles. The number of benzene rings is 7. The molecule has 9 aromatic rings. The molecule has 3 heterocycles. The van der Waals surface area contributed by atoms with Gasteiger partial charge in [0.15, 0.2) is 0 Å². The molecular formula is C58H52N4O. The molecule has 5 nitrogen and oxygen atoms in total. The largest absolute Gasteiger partial charge is 0.457 e. The van der Waals surface area contributed by atoms with E-state index in [2.05, 4.69) is 244 Å². The molecule has 0 radical (unpaired) electrons. The van der Waals surface area contributed by atoms with Crippen molar-refractivity contribution in [1.29, 1.82) is 0 Å². The van der Waals surface area contributed by atoms with Crippen molar-refractivity contribution in [2.75, 3.05) is 16.5 Å². The van der Waals surface area contributed by atoms with E-state index >= 15 is 0 Å². The number of pyridine rings is 1. The van der Waals surface area contributed by atoms with Crippen LogP contribution >= 0.6 is 0 Å². The summed E-state index contributed by atoms with van der Waals surface area (Å²) in [6.45, 7) is 14.3. The van der Waals surface area contributed by atoms with Crippen molar-refractivity contribution in [3.63, 3.8) is 0 Å². The molecule has 63 heavy (non-hydrogen) atoms. The first-order chi connectivity index (χ1) is 30.5. The summed E-state index contributed by atoms with van der Waals surface area (Å²) in [5.74, 6) is 2.42. The Bertz CT molecular complexity index is 3070. The molecule has 0 saturated carbocycles. The van der Waals surface area contributed by atoms with Crippen molar-refractivity contribution < 1.29 is 4.74 Å². The fourth-order valence-electron chi connectivity index (χ4n) is 9.06. The van der Waals surface area contributed by atoms with Gasteiger partial charge in [-0.15, -0.1) is 0 Å². The minimum absolute atomic E-state index is 0.0130. The van der Waals surface area contributed by atoms with Gasteiger partial charge in [-0.2, -0.15) is 0 Å². The van der Waals surface area contributed by atoms with Crippen LogP contribution in [-0.4, -0.2) is 16.2 Å². The number of para-hydroxylation sites is 1. The minimum Gasteiger partial charge on any atom is -0.457 e. The molecule has 0 bridgehead atoms. The Morgan fingerprint density at radius 2 is 1.03 bits per heavy atom. The Hall–Kier alpha value is -7.37. The first-order valence-corrected chi connectivity index (χ1v) is 21.9. The standard InChI is InChI=1S/C58H52N4O/c1-57(2,3)44-28-29-59-55(34-44)62-53-25-17-16-24-49(53)50-27-26-47(38-54(50)62)63-48-33-43(40-18-10-7-11-19-40)32-45(35-48)60-30-31-61(39-60)46-36-51(41-20-12-8-13-21-41)56(58(4,5)6)52(37-46)42-22-14-9-15-23-42/h7-38H,39H2,1-6H3. The Kier molecular flexibility index (Phi) is 9.99. The maximum atomic E-state index is 6.90. The first-order valence-electron chi connectivity index (χ1n) is 21.9. The van der Waals surface area contributed by atoms with Crippen molar-refractivity contribution in [2.45, 2.75) is 52.4 Å². The lowest BCUT2D eigenvalue weighted by atomic mass is 9.77. The summed E-state index contributed by atoms with van der Waals surface area (Å²) in [5.41, 5.74) is 14.0. The zero-order chi connectivity index (χ0) is 43.3. The summed E-state index contributed by atoms with van der Waals surface area (Å²) in [6.07, 6.45) is 6.30. The van der Waals surface area contributed by atoms with Gasteiger partial charge in [0.25, 0.3) is 0 Å². The Morgan fingerprint density at radius 1 is 0.460 bits per heavy atom. The van der Waals surface area contributed by atoms with E-state index < -0.39 is 0 Å². The molecule has 0 N–H and O–H groups in total. The van der Waals surface area contributed by atoms with Crippen LogP contribution in [0.2, 0.25) is 0 Å². The SMILES string of the molecule is CC(C)(C)c1ccnc(-n2c3ccccc3c3ccc(Oc4cc(-c5ccccc5)cc(N5C=CN(c6cc(-c7ccccc7)c(C(C)(C)C)c(-c7ccccc7)c6)C5)c4)cc32)c1. The second-order valence-electron chi connectivity index (χ2n) is 18.6. The Balaban J connectivity index is 1.04. The molecule has 5 heteroatoms. The van der Waals surface area contributed by atoms with Gasteiger partial charge >= 0.3 is 0 Å². The molecule has 7 aromatic carbocycles. The predicted octanol–water partition coefficient (Wildman–Crippen LogP) is 15.3. The van der Waals surface area contributed by atoms with E-state index in [1.54, 1.807) is 0 Å². The van der Waals surface area contributed by atoms with E-state index in [9.17, 15) is 0 Å². The average molecular weight is 821 g/mol.